The van der Waals surface area contributed by atoms with Crippen LogP contribution in [0.3, 0.4) is 0 Å². The number of nitrogen functional groups attached to an aromatic ring is 1. The number of nitrogens with two attached hydrogens (primary N) is 1. The minimum absolute atomic E-state index is 0.280. The van der Waals surface area contributed by atoms with Gasteiger partial charge in [-0.1, -0.05) is 6.42 Å². The highest BCUT2D eigenvalue weighted by atomic mass is 16.5. The lowest BCUT2D eigenvalue weighted by molar-refractivity contribution is 0.125. The number of nitrogens with zero attached hydrogens (tertiary/aromatic N) is 2. The van der Waals surface area contributed by atoms with E-state index in [9.17, 15) is 0 Å². The Labute approximate surface area is 127 Å². The van der Waals surface area contributed by atoms with Gasteiger partial charge in [0.1, 0.15) is 11.4 Å². The van der Waals surface area contributed by atoms with E-state index in [1.807, 2.05) is 32.9 Å². The Morgan fingerprint density at radius 2 is 1.95 bits per heavy atom. The number of aromatic nitrogens is 1. The SMILES string of the molecule is CC(C)(C)Oc1nc(N2CCCC3CCCC32)ccc1N. The summed E-state index contributed by atoms with van der Waals surface area (Å²) in [6.07, 6.45) is 6.67. The van der Waals surface area contributed by atoms with Crippen molar-refractivity contribution in [3.05, 3.63) is 12.1 Å². The molecule has 1 aliphatic heterocycles. The van der Waals surface area contributed by atoms with Gasteiger partial charge in [-0.15, -0.1) is 0 Å². The summed E-state index contributed by atoms with van der Waals surface area (Å²) < 4.78 is 5.91. The predicted octanol–water partition coefficient (Wildman–Crippen LogP) is 3.61. The Morgan fingerprint density at radius 1 is 1.19 bits per heavy atom. The maximum absolute atomic E-state index is 6.03. The Bertz CT molecular complexity index is 509. The Kier molecular flexibility index (Phi) is 3.72. The van der Waals surface area contributed by atoms with E-state index < -0.39 is 0 Å². The van der Waals surface area contributed by atoms with Crippen LogP contribution in [0, 0.1) is 5.92 Å². The second kappa shape index (κ2) is 5.39. The summed E-state index contributed by atoms with van der Waals surface area (Å²) >= 11 is 0. The third-order valence-corrected chi connectivity index (χ3v) is 4.57. The number of fused-ring (bicyclic) bond motifs is 1. The molecule has 2 N–H and O–H groups in total. The minimum atomic E-state index is -0.280. The third-order valence-electron chi connectivity index (χ3n) is 4.57. The van der Waals surface area contributed by atoms with Crippen molar-refractivity contribution in [1.82, 2.24) is 4.98 Å². The Hall–Kier alpha value is -1.45. The zero-order chi connectivity index (χ0) is 15.0. The number of piperidine rings is 1. The maximum atomic E-state index is 6.03. The normalized spacial score (nSPS) is 25.8. The molecule has 0 spiro atoms. The lowest BCUT2D eigenvalue weighted by Crippen LogP contribution is -2.43. The lowest BCUT2D eigenvalue weighted by Gasteiger charge is -2.39. The molecular weight excluding hydrogens is 262 g/mol. The summed E-state index contributed by atoms with van der Waals surface area (Å²) in [6, 6.07) is 4.64. The van der Waals surface area contributed by atoms with Crippen LogP contribution in [0.15, 0.2) is 12.1 Å². The van der Waals surface area contributed by atoms with Crippen LogP contribution in [0.2, 0.25) is 0 Å². The van der Waals surface area contributed by atoms with Crippen LogP contribution in [0.1, 0.15) is 52.9 Å². The summed E-state index contributed by atoms with van der Waals surface area (Å²) in [6.45, 7) is 7.17. The molecule has 4 nitrogen and oxygen atoms in total. The molecule has 0 aromatic carbocycles. The van der Waals surface area contributed by atoms with Crippen molar-refractivity contribution in [2.75, 3.05) is 17.2 Å². The van der Waals surface area contributed by atoms with E-state index in [1.54, 1.807) is 0 Å². The molecule has 116 valence electrons. The maximum Gasteiger partial charge on any atom is 0.239 e. The predicted molar refractivity (Wildman–Crippen MR) is 86.7 cm³/mol. The molecule has 0 amide bonds. The van der Waals surface area contributed by atoms with Crippen LogP contribution in [0.25, 0.3) is 0 Å². The van der Waals surface area contributed by atoms with Crippen molar-refractivity contribution in [1.29, 1.82) is 0 Å². The molecule has 2 aliphatic rings. The van der Waals surface area contributed by atoms with E-state index in [4.69, 9.17) is 15.5 Å². The summed E-state index contributed by atoms with van der Waals surface area (Å²) in [7, 11) is 0. The van der Waals surface area contributed by atoms with E-state index in [0.717, 1.165) is 18.3 Å². The summed E-state index contributed by atoms with van der Waals surface area (Å²) in [5.74, 6) is 2.45. The molecular formula is C17H27N3O. The van der Waals surface area contributed by atoms with E-state index in [0.29, 0.717) is 17.6 Å². The van der Waals surface area contributed by atoms with Crippen LogP contribution in [-0.2, 0) is 0 Å². The number of rotatable bonds is 2. The fourth-order valence-corrected chi connectivity index (χ4v) is 3.71. The van der Waals surface area contributed by atoms with Gasteiger partial charge in [-0.3, -0.25) is 0 Å². The highest BCUT2D eigenvalue weighted by Crippen LogP contribution is 2.39. The topological polar surface area (TPSA) is 51.4 Å². The monoisotopic (exact) mass is 289 g/mol. The average Bonchev–Trinajstić information content (AvgIpc) is 2.88. The standard InChI is InChI=1S/C17H27N3O/c1-17(2,3)21-16-13(18)9-10-15(19-16)20-11-5-7-12-6-4-8-14(12)20/h9-10,12,14H,4-8,11,18H2,1-3H3. The van der Waals surface area contributed by atoms with Crippen molar-refractivity contribution in [3.63, 3.8) is 0 Å². The Balaban J connectivity index is 1.86. The smallest absolute Gasteiger partial charge is 0.239 e. The van der Waals surface area contributed by atoms with Crippen molar-refractivity contribution < 1.29 is 4.74 Å². The molecule has 0 bridgehead atoms. The van der Waals surface area contributed by atoms with Crippen LogP contribution in [0.4, 0.5) is 11.5 Å². The first kappa shape index (κ1) is 14.5. The van der Waals surface area contributed by atoms with E-state index in [1.165, 1.54) is 32.1 Å². The highest BCUT2D eigenvalue weighted by Gasteiger charge is 2.35. The van der Waals surface area contributed by atoms with E-state index >= 15 is 0 Å². The minimum Gasteiger partial charge on any atom is -0.470 e. The first-order chi connectivity index (χ1) is 9.94. The molecule has 4 heteroatoms. The molecule has 2 fully saturated rings. The van der Waals surface area contributed by atoms with Gasteiger partial charge in [-0.25, -0.2) is 0 Å². The van der Waals surface area contributed by atoms with Crippen molar-refractivity contribution in [3.8, 4) is 5.88 Å². The van der Waals surface area contributed by atoms with Crippen LogP contribution < -0.4 is 15.4 Å². The molecule has 3 rings (SSSR count). The molecule has 2 heterocycles. The van der Waals surface area contributed by atoms with Crippen LogP contribution in [0.5, 0.6) is 5.88 Å². The number of anilines is 2. The van der Waals surface area contributed by atoms with Crippen LogP contribution in [-0.4, -0.2) is 23.2 Å². The van der Waals surface area contributed by atoms with Gasteiger partial charge in [0.2, 0.25) is 5.88 Å². The summed E-state index contributed by atoms with van der Waals surface area (Å²) in [5.41, 5.74) is 6.37. The van der Waals surface area contributed by atoms with Crippen molar-refractivity contribution in [2.45, 2.75) is 64.5 Å². The molecule has 1 saturated heterocycles. The van der Waals surface area contributed by atoms with Gasteiger partial charge >= 0.3 is 0 Å². The molecule has 2 atom stereocenters. The number of hydrogen-bond donors (Lipinski definition) is 1. The fourth-order valence-electron chi connectivity index (χ4n) is 3.71. The van der Waals surface area contributed by atoms with Crippen LogP contribution >= 0.6 is 0 Å². The zero-order valence-corrected chi connectivity index (χ0v) is 13.4. The Morgan fingerprint density at radius 3 is 2.71 bits per heavy atom. The highest BCUT2D eigenvalue weighted by molar-refractivity contribution is 5.55. The molecule has 21 heavy (non-hydrogen) atoms. The quantitative estimate of drug-likeness (QED) is 0.903. The fraction of sp³-hybridized carbons (Fsp3) is 0.706. The molecule has 2 unspecified atom stereocenters. The van der Waals surface area contributed by atoms with Gasteiger partial charge in [0.25, 0.3) is 0 Å². The number of pyridine rings is 1. The van der Waals surface area contributed by atoms with Gasteiger partial charge in [0.15, 0.2) is 0 Å². The number of hydrogen-bond acceptors (Lipinski definition) is 4. The molecule has 1 aliphatic carbocycles. The van der Waals surface area contributed by atoms with Gasteiger partial charge in [-0.2, -0.15) is 4.98 Å². The van der Waals surface area contributed by atoms with Gasteiger partial charge < -0.3 is 15.4 Å². The first-order valence-corrected chi connectivity index (χ1v) is 8.16. The second-order valence-electron chi connectivity index (χ2n) is 7.37. The van der Waals surface area contributed by atoms with Crippen molar-refractivity contribution in [2.24, 2.45) is 5.92 Å². The average molecular weight is 289 g/mol. The van der Waals surface area contributed by atoms with E-state index in [-0.39, 0.29) is 5.60 Å². The third kappa shape index (κ3) is 3.09. The first-order valence-electron chi connectivity index (χ1n) is 8.16. The molecule has 1 saturated carbocycles. The van der Waals surface area contributed by atoms with Gasteiger partial charge in [-0.05, 0) is 64.5 Å². The molecule has 0 radical (unpaired) electrons. The zero-order valence-electron chi connectivity index (χ0n) is 13.4. The molecule has 1 aromatic rings. The van der Waals surface area contributed by atoms with Gasteiger partial charge in [0, 0.05) is 12.6 Å². The van der Waals surface area contributed by atoms with E-state index in [2.05, 4.69) is 4.90 Å². The molecule has 1 aromatic heterocycles. The van der Waals surface area contributed by atoms with Gasteiger partial charge in [0.05, 0.1) is 5.69 Å². The second-order valence-corrected chi connectivity index (χ2v) is 7.37. The lowest BCUT2D eigenvalue weighted by atomic mass is 9.92. The summed E-state index contributed by atoms with van der Waals surface area (Å²) in [5, 5.41) is 0. The van der Waals surface area contributed by atoms with Crippen molar-refractivity contribution >= 4 is 11.5 Å². The summed E-state index contributed by atoms with van der Waals surface area (Å²) in [4.78, 5) is 7.20. The number of ether oxygens (including phenoxy) is 1. The largest absolute Gasteiger partial charge is 0.470 e.